The molecule has 1 heterocycles. The van der Waals surface area contributed by atoms with E-state index < -0.39 is 0 Å². The van der Waals surface area contributed by atoms with Gasteiger partial charge >= 0.3 is 0 Å². The number of methoxy groups -OCH3 is 2. The van der Waals surface area contributed by atoms with Crippen molar-refractivity contribution in [1.29, 1.82) is 5.26 Å². The Balaban J connectivity index is 2.33. The summed E-state index contributed by atoms with van der Waals surface area (Å²) in [7, 11) is 3.01. The van der Waals surface area contributed by atoms with Crippen LogP contribution in [0.3, 0.4) is 0 Å². The summed E-state index contributed by atoms with van der Waals surface area (Å²) in [5.74, 6) is 0.790. The van der Waals surface area contributed by atoms with Crippen LogP contribution in [-0.4, -0.2) is 30.1 Å². The van der Waals surface area contributed by atoms with E-state index in [0.29, 0.717) is 28.8 Å². The maximum absolute atomic E-state index is 11.5. The van der Waals surface area contributed by atoms with Gasteiger partial charge in [0.25, 0.3) is 0 Å². The van der Waals surface area contributed by atoms with Crippen molar-refractivity contribution < 1.29 is 14.3 Å². The van der Waals surface area contributed by atoms with Crippen LogP contribution in [0.15, 0.2) is 30.3 Å². The second-order valence-electron chi connectivity index (χ2n) is 4.24. The van der Waals surface area contributed by atoms with E-state index in [9.17, 15) is 4.79 Å². The first-order valence-corrected chi connectivity index (χ1v) is 6.40. The zero-order valence-corrected chi connectivity index (χ0v) is 12.2. The third-order valence-electron chi connectivity index (χ3n) is 2.74. The Morgan fingerprint density at radius 2 is 1.91 bits per heavy atom. The van der Waals surface area contributed by atoms with E-state index in [2.05, 4.69) is 15.3 Å². The molecule has 0 aliphatic carbocycles. The zero-order valence-electron chi connectivity index (χ0n) is 12.2. The SMILES string of the molecule is COc1cc(OC)nc(-c2cccc(NC(=O)CC#N)c2)n1. The number of benzene rings is 1. The van der Waals surface area contributed by atoms with Crippen molar-refractivity contribution in [2.75, 3.05) is 19.5 Å². The number of hydrogen-bond acceptors (Lipinski definition) is 6. The molecule has 2 aromatic rings. The van der Waals surface area contributed by atoms with Gasteiger partial charge in [0.15, 0.2) is 5.82 Å². The Morgan fingerprint density at radius 3 is 2.50 bits per heavy atom. The number of nitriles is 1. The molecule has 0 spiro atoms. The summed E-state index contributed by atoms with van der Waals surface area (Å²) < 4.78 is 10.2. The molecule has 0 unspecified atom stereocenters. The second-order valence-corrected chi connectivity index (χ2v) is 4.24. The molecule has 22 heavy (non-hydrogen) atoms. The molecule has 0 radical (unpaired) electrons. The zero-order chi connectivity index (χ0) is 15.9. The van der Waals surface area contributed by atoms with Gasteiger partial charge in [0.1, 0.15) is 6.42 Å². The van der Waals surface area contributed by atoms with Gasteiger partial charge in [0, 0.05) is 11.3 Å². The summed E-state index contributed by atoms with van der Waals surface area (Å²) in [5.41, 5.74) is 1.25. The lowest BCUT2D eigenvalue weighted by atomic mass is 10.2. The van der Waals surface area contributed by atoms with Crippen molar-refractivity contribution in [2.24, 2.45) is 0 Å². The highest BCUT2D eigenvalue weighted by molar-refractivity contribution is 5.92. The van der Waals surface area contributed by atoms with E-state index >= 15 is 0 Å². The summed E-state index contributed by atoms with van der Waals surface area (Å²) in [4.78, 5) is 20.0. The number of carbonyl (C=O) groups excluding carboxylic acids is 1. The third-order valence-corrected chi connectivity index (χ3v) is 2.74. The van der Waals surface area contributed by atoms with Crippen LogP contribution in [0.25, 0.3) is 11.4 Å². The smallest absolute Gasteiger partial charge is 0.238 e. The van der Waals surface area contributed by atoms with Gasteiger partial charge in [-0.25, -0.2) is 0 Å². The lowest BCUT2D eigenvalue weighted by Crippen LogP contribution is -2.10. The van der Waals surface area contributed by atoms with Gasteiger partial charge in [-0.3, -0.25) is 4.79 Å². The van der Waals surface area contributed by atoms with Crippen LogP contribution in [0.2, 0.25) is 0 Å². The molecular weight excluding hydrogens is 284 g/mol. The second kappa shape index (κ2) is 7.04. The van der Waals surface area contributed by atoms with Gasteiger partial charge in [-0.1, -0.05) is 12.1 Å². The predicted molar refractivity (Wildman–Crippen MR) is 79.4 cm³/mol. The highest BCUT2D eigenvalue weighted by Crippen LogP contribution is 2.24. The minimum atomic E-state index is -0.371. The largest absolute Gasteiger partial charge is 0.481 e. The molecule has 112 valence electrons. The molecule has 1 aromatic heterocycles. The van der Waals surface area contributed by atoms with Crippen LogP contribution < -0.4 is 14.8 Å². The first kappa shape index (κ1) is 15.3. The van der Waals surface area contributed by atoms with E-state index in [0.717, 1.165) is 0 Å². The molecule has 0 saturated carbocycles. The molecule has 1 amide bonds. The Labute approximate surface area is 127 Å². The molecule has 1 aromatic carbocycles. The molecule has 1 N–H and O–H groups in total. The molecule has 0 saturated heterocycles. The Bertz CT molecular complexity index is 703. The summed E-state index contributed by atoms with van der Waals surface area (Å²) in [6.07, 6.45) is -0.201. The molecule has 0 aliphatic heterocycles. The lowest BCUT2D eigenvalue weighted by Gasteiger charge is -2.08. The lowest BCUT2D eigenvalue weighted by molar-refractivity contribution is -0.115. The topological polar surface area (TPSA) is 97.1 Å². The van der Waals surface area contributed by atoms with Crippen molar-refractivity contribution >= 4 is 11.6 Å². The van der Waals surface area contributed by atoms with Gasteiger partial charge in [0.05, 0.1) is 26.4 Å². The number of ether oxygens (including phenoxy) is 2. The van der Waals surface area contributed by atoms with E-state index in [1.165, 1.54) is 14.2 Å². The van der Waals surface area contributed by atoms with Crippen molar-refractivity contribution in [3.05, 3.63) is 30.3 Å². The number of aromatic nitrogens is 2. The minimum absolute atomic E-state index is 0.201. The number of anilines is 1. The first-order valence-electron chi connectivity index (χ1n) is 6.40. The van der Waals surface area contributed by atoms with E-state index in [1.807, 2.05) is 0 Å². The van der Waals surface area contributed by atoms with Gasteiger partial charge in [-0.05, 0) is 12.1 Å². The Hall–Kier alpha value is -3.14. The summed E-state index contributed by atoms with van der Waals surface area (Å²) in [6, 6.07) is 10.4. The maximum atomic E-state index is 11.5. The molecule has 0 aliphatic rings. The third kappa shape index (κ3) is 3.70. The van der Waals surface area contributed by atoms with Gasteiger partial charge in [0.2, 0.25) is 17.7 Å². The normalized spacial score (nSPS) is 9.68. The molecule has 0 fully saturated rings. The quantitative estimate of drug-likeness (QED) is 0.906. The van der Waals surface area contributed by atoms with Crippen molar-refractivity contribution in [2.45, 2.75) is 6.42 Å². The van der Waals surface area contributed by atoms with Crippen molar-refractivity contribution in [3.8, 4) is 29.2 Å². The number of carbonyl (C=O) groups is 1. The van der Waals surface area contributed by atoms with Crippen molar-refractivity contribution in [3.63, 3.8) is 0 Å². The first-order chi connectivity index (χ1) is 10.7. The predicted octanol–water partition coefficient (Wildman–Crippen LogP) is 2.01. The average Bonchev–Trinajstić information content (AvgIpc) is 2.54. The fourth-order valence-corrected chi connectivity index (χ4v) is 1.76. The van der Waals surface area contributed by atoms with Gasteiger partial charge in [-0.15, -0.1) is 0 Å². The van der Waals surface area contributed by atoms with Crippen LogP contribution >= 0.6 is 0 Å². The van der Waals surface area contributed by atoms with Crippen LogP contribution in [0, 0.1) is 11.3 Å². The fraction of sp³-hybridized carbons (Fsp3) is 0.200. The van der Waals surface area contributed by atoms with Crippen LogP contribution in [0.5, 0.6) is 11.8 Å². The molecule has 0 atom stereocenters. The summed E-state index contributed by atoms with van der Waals surface area (Å²) in [5, 5.41) is 11.1. The van der Waals surface area contributed by atoms with E-state index in [4.69, 9.17) is 14.7 Å². The summed E-state index contributed by atoms with van der Waals surface area (Å²) in [6.45, 7) is 0. The maximum Gasteiger partial charge on any atom is 0.238 e. The molecule has 0 bridgehead atoms. The minimum Gasteiger partial charge on any atom is -0.481 e. The monoisotopic (exact) mass is 298 g/mol. The number of rotatable bonds is 5. The number of amides is 1. The molecular formula is C15H14N4O3. The van der Waals surface area contributed by atoms with Gasteiger partial charge in [-0.2, -0.15) is 15.2 Å². The van der Waals surface area contributed by atoms with Crippen LogP contribution in [0.1, 0.15) is 6.42 Å². The van der Waals surface area contributed by atoms with Gasteiger partial charge < -0.3 is 14.8 Å². The van der Waals surface area contributed by atoms with Crippen molar-refractivity contribution in [1.82, 2.24) is 9.97 Å². The highest BCUT2D eigenvalue weighted by atomic mass is 16.5. The number of nitrogens with zero attached hydrogens (tertiary/aromatic N) is 3. The number of hydrogen-bond donors (Lipinski definition) is 1. The Kier molecular flexibility index (Phi) is 4.88. The van der Waals surface area contributed by atoms with E-state index in [1.54, 1.807) is 36.4 Å². The standard InChI is InChI=1S/C15H14N4O3/c1-21-13-9-14(22-2)19-15(18-13)10-4-3-5-11(8-10)17-12(20)6-7-16/h3-5,8-9H,6H2,1-2H3,(H,17,20). The molecule has 7 nitrogen and oxygen atoms in total. The fourth-order valence-electron chi connectivity index (χ4n) is 1.76. The summed E-state index contributed by atoms with van der Waals surface area (Å²) >= 11 is 0. The van der Waals surface area contributed by atoms with Crippen LogP contribution in [-0.2, 0) is 4.79 Å². The van der Waals surface area contributed by atoms with E-state index in [-0.39, 0.29) is 12.3 Å². The Morgan fingerprint density at radius 1 is 1.23 bits per heavy atom. The molecule has 2 rings (SSSR count). The number of nitrogens with one attached hydrogen (secondary N) is 1. The highest BCUT2D eigenvalue weighted by Gasteiger charge is 2.09. The molecule has 7 heteroatoms. The van der Waals surface area contributed by atoms with Crippen LogP contribution in [0.4, 0.5) is 5.69 Å². The average molecular weight is 298 g/mol.